The molecular formula is C13H17N3. The second kappa shape index (κ2) is 4.52. The number of nitriles is 1. The Morgan fingerprint density at radius 3 is 2.81 bits per heavy atom. The number of anilines is 1. The van der Waals surface area contributed by atoms with Crippen LogP contribution in [0.3, 0.4) is 0 Å². The molecule has 1 aliphatic heterocycles. The van der Waals surface area contributed by atoms with Gasteiger partial charge in [-0.25, -0.2) is 4.98 Å². The second-order valence-corrected chi connectivity index (χ2v) is 4.69. The highest BCUT2D eigenvalue weighted by molar-refractivity contribution is 5.47. The molecule has 16 heavy (non-hydrogen) atoms. The zero-order chi connectivity index (χ0) is 11.5. The van der Waals surface area contributed by atoms with E-state index < -0.39 is 0 Å². The van der Waals surface area contributed by atoms with Gasteiger partial charge in [-0.15, -0.1) is 0 Å². The van der Waals surface area contributed by atoms with E-state index in [0.29, 0.717) is 11.7 Å². The molecule has 1 aliphatic rings. The first-order chi connectivity index (χ1) is 7.70. The molecule has 1 aromatic heterocycles. The van der Waals surface area contributed by atoms with E-state index in [1.54, 1.807) is 6.07 Å². The van der Waals surface area contributed by atoms with Crippen molar-refractivity contribution in [2.75, 3.05) is 11.4 Å². The normalized spacial score (nSPS) is 25.2. The SMILES string of the molecule is C[C@H]1CCN(c2ccc(C#N)nc2)[C@@H](C)C1. The van der Waals surface area contributed by atoms with Gasteiger partial charge in [0.2, 0.25) is 0 Å². The zero-order valence-electron chi connectivity index (χ0n) is 9.85. The molecule has 0 bridgehead atoms. The number of hydrogen-bond donors (Lipinski definition) is 0. The second-order valence-electron chi connectivity index (χ2n) is 4.69. The minimum Gasteiger partial charge on any atom is -0.368 e. The third-order valence-corrected chi connectivity index (χ3v) is 3.33. The summed E-state index contributed by atoms with van der Waals surface area (Å²) >= 11 is 0. The molecule has 2 heterocycles. The summed E-state index contributed by atoms with van der Waals surface area (Å²) in [6.07, 6.45) is 4.29. The maximum atomic E-state index is 8.70. The van der Waals surface area contributed by atoms with Crippen molar-refractivity contribution in [3.8, 4) is 6.07 Å². The number of rotatable bonds is 1. The minimum absolute atomic E-state index is 0.488. The molecule has 84 valence electrons. The lowest BCUT2D eigenvalue weighted by atomic mass is 9.93. The summed E-state index contributed by atoms with van der Waals surface area (Å²) < 4.78 is 0. The van der Waals surface area contributed by atoms with Gasteiger partial charge < -0.3 is 4.90 Å². The molecule has 0 spiro atoms. The van der Waals surface area contributed by atoms with Crippen molar-refractivity contribution < 1.29 is 0 Å². The number of aromatic nitrogens is 1. The van der Waals surface area contributed by atoms with E-state index in [4.69, 9.17) is 5.26 Å². The predicted molar refractivity (Wildman–Crippen MR) is 64.2 cm³/mol. The molecule has 0 radical (unpaired) electrons. The van der Waals surface area contributed by atoms with Gasteiger partial charge in [-0.05, 0) is 37.8 Å². The van der Waals surface area contributed by atoms with Gasteiger partial charge in [0.1, 0.15) is 11.8 Å². The summed E-state index contributed by atoms with van der Waals surface area (Å²) in [7, 11) is 0. The van der Waals surface area contributed by atoms with Gasteiger partial charge in [-0.1, -0.05) is 6.92 Å². The maximum Gasteiger partial charge on any atom is 0.140 e. The van der Waals surface area contributed by atoms with Crippen LogP contribution in [0.1, 0.15) is 32.4 Å². The Kier molecular flexibility index (Phi) is 3.09. The molecule has 0 N–H and O–H groups in total. The fraction of sp³-hybridized carbons (Fsp3) is 0.538. The number of pyridine rings is 1. The van der Waals surface area contributed by atoms with Crippen LogP contribution in [0, 0.1) is 17.2 Å². The third-order valence-electron chi connectivity index (χ3n) is 3.33. The van der Waals surface area contributed by atoms with Gasteiger partial charge in [-0.3, -0.25) is 0 Å². The smallest absolute Gasteiger partial charge is 0.140 e. The first-order valence-electron chi connectivity index (χ1n) is 5.83. The fourth-order valence-electron chi connectivity index (χ4n) is 2.41. The molecule has 3 nitrogen and oxygen atoms in total. The lowest BCUT2D eigenvalue weighted by Gasteiger charge is -2.38. The molecule has 0 unspecified atom stereocenters. The Hall–Kier alpha value is -1.56. The van der Waals surface area contributed by atoms with Crippen LogP contribution in [0.25, 0.3) is 0 Å². The number of piperidine rings is 1. The molecule has 1 saturated heterocycles. The third kappa shape index (κ3) is 2.16. The summed E-state index contributed by atoms with van der Waals surface area (Å²) in [5.41, 5.74) is 1.63. The van der Waals surface area contributed by atoms with Gasteiger partial charge in [0.15, 0.2) is 0 Å². The van der Waals surface area contributed by atoms with E-state index in [-0.39, 0.29) is 0 Å². The van der Waals surface area contributed by atoms with E-state index in [9.17, 15) is 0 Å². The topological polar surface area (TPSA) is 39.9 Å². The first kappa shape index (κ1) is 10.9. The molecule has 0 aromatic carbocycles. The quantitative estimate of drug-likeness (QED) is 0.723. The van der Waals surface area contributed by atoms with Crippen molar-refractivity contribution in [3.63, 3.8) is 0 Å². The van der Waals surface area contributed by atoms with Crippen molar-refractivity contribution >= 4 is 5.69 Å². The summed E-state index contributed by atoms with van der Waals surface area (Å²) in [6, 6.07) is 6.40. The highest BCUT2D eigenvalue weighted by atomic mass is 15.2. The van der Waals surface area contributed by atoms with E-state index >= 15 is 0 Å². The Balaban J connectivity index is 2.14. The predicted octanol–water partition coefficient (Wildman–Crippen LogP) is 2.58. The monoisotopic (exact) mass is 215 g/mol. The molecule has 0 aliphatic carbocycles. The van der Waals surface area contributed by atoms with Crippen LogP contribution in [0.2, 0.25) is 0 Å². The Bertz CT molecular complexity index is 391. The first-order valence-corrected chi connectivity index (χ1v) is 5.83. The summed E-state index contributed by atoms with van der Waals surface area (Å²) in [5.74, 6) is 0.817. The summed E-state index contributed by atoms with van der Waals surface area (Å²) in [6.45, 7) is 5.66. The summed E-state index contributed by atoms with van der Waals surface area (Å²) in [4.78, 5) is 6.51. The van der Waals surface area contributed by atoms with Gasteiger partial charge in [0, 0.05) is 12.6 Å². The van der Waals surface area contributed by atoms with E-state index in [1.165, 1.54) is 12.8 Å². The van der Waals surface area contributed by atoms with E-state index in [2.05, 4.69) is 23.7 Å². The lowest BCUT2D eigenvalue weighted by molar-refractivity contribution is 0.378. The van der Waals surface area contributed by atoms with Crippen LogP contribution in [-0.4, -0.2) is 17.6 Å². The average molecular weight is 215 g/mol. The van der Waals surface area contributed by atoms with Crippen molar-refractivity contribution in [3.05, 3.63) is 24.0 Å². The number of hydrogen-bond acceptors (Lipinski definition) is 3. The van der Waals surface area contributed by atoms with Crippen LogP contribution in [0.5, 0.6) is 0 Å². The van der Waals surface area contributed by atoms with Crippen molar-refractivity contribution in [2.24, 2.45) is 5.92 Å². The highest BCUT2D eigenvalue weighted by Gasteiger charge is 2.22. The van der Waals surface area contributed by atoms with Crippen LogP contribution in [0.4, 0.5) is 5.69 Å². The molecule has 3 heteroatoms. The van der Waals surface area contributed by atoms with Crippen molar-refractivity contribution in [1.29, 1.82) is 5.26 Å². The van der Waals surface area contributed by atoms with Gasteiger partial charge in [-0.2, -0.15) is 5.26 Å². The van der Waals surface area contributed by atoms with Crippen molar-refractivity contribution in [2.45, 2.75) is 32.7 Å². The summed E-state index contributed by atoms with van der Waals surface area (Å²) in [5, 5.41) is 8.70. The van der Waals surface area contributed by atoms with Crippen LogP contribution < -0.4 is 4.90 Å². The van der Waals surface area contributed by atoms with Gasteiger partial charge >= 0.3 is 0 Å². The van der Waals surface area contributed by atoms with Crippen LogP contribution in [-0.2, 0) is 0 Å². The lowest BCUT2D eigenvalue weighted by Crippen LogP contribution is -2.40. The Labute approximate surface area is 96.7 Å². The molecule has 2 atom stereocenters. The molecular weight excluding hydrogens is 198 g/mol. The van der Waals surface area contributed by atoms with Crippen molar-refractivity contribution in [1.82, 2.24) is 4.98 Å². The molecule has 2 rings (SSSR count). The molecule has 1 aromatic rings. The highest BCUT2D eigenvalue weighted by Crippen LogP contribution is 2.27. The van der Waals surface area contributed by atoms with Crippen LogP contribution >= 0.6 is 0 Å². The Morgan fingerprint density at radius 2 is 2.25 bits per heavy atom. The zero-order valence-corrected chi connectivity index (χ0v) is 9.85. The largest absolute Gasteiger partial charge is 0.368 e. The molecule has 0 amide bonds. The number of nitrogens with zero attached hydrogens (tertiary/aromatic N) is 3. The molecule has 0 saturated carbocycles. The fourth-order valence-corrected chi connectivity index (χ4v) is 2.41. The standard InChI is InChI=1S/C13H17N3/c1-10-5-6-16(11(2)7-10)13-4-3-12(8-14)15-9-13/h3-4,9-11H,5-7H2,1-2H3/t10-,11-/m0/s1. The van der Waals surface area contributed by atoms with Gasteiger partial charge in [0.05, 0.1) is 11.9 Å². The van der Waals surface area contributed by atoms with Crippen LogP contribution in [0.15, 0.2) is 18.3 Å². The van der Waals surface area contributed by atoms with E-state index in [0.717, 1.165) is 18.2 Å². The van der Waals surface area contributed by atoms with E-state index in [1.807, 2.05) is 18.3 Å². The minimum atomic E-state index is 0.488. The molecule has 1 fully saturated rings. The van der Waals surface area contributed by atoms with Gasteiger partial charge in [0.25, 0.3) is 0 Å². The maximum absolute atomic E-state index is 8.70. The average Bonchev–Trinajstić information content (AvgIpc) is 2.29. The Morgan fingerprint density at radius 1 is 1.44 bits per heavy atom.